The lowest BCUT2D eigenvalue weighted by atomic mass is 9.77. The predicted molar refractivity (Wildman–Crippen MR) is 63.9 cm³/mol. The maximum absolute atomic E-state index is 12.1. The van der Waals surface area contributed by atoms with Crippen LogP contribution in [0.15, 0.2) is 12.2 Å². The molecule has 0 N–H and O–H groups in total. The van der Waals surface area contributed by atoms with Crippen LogP contribution in [0.2, 0.25) is 0 Å². The van der Waals surface area contributed by atoms with Gasteiger partial charge in [-0.15, -0.1) is 0 Å². The highest BCUT2D eigenvalue weighted by molar-refractivity contribution is 5.75. The molecule has 4 aliphatic rings. The van der Waals surface area contributed by atoms with Crippen molar-refractivity contribution in [3.8, 4) is 0 Å². The average Bonchev–Trinajstić information content (AvgIpc) is 2.83. The van der Waals surface area contributed by atoms with Crippen LogP contribution in [0.5, 0.6) is 0 Å². The van der Waals surface area contributed by atoms with Crippen LogP contribution in [-0.4, -0.2) is 36.4 Å². The van der Waals surface area contributed by atoms with E-state index in [0.29, 0.717) is 0 Å². The van der Waals surface area contributed by atoms with Gasteiger partial charge in [0.1, 0.15) is 6.10 Å². The predicted octanol–water partition coefficient (Wildman–Crippen LogP) is 1.37. The third kappa shape index (κ3) is 1.68. The molecular formula is C14H18O5. The molecule has 0 unspecified atom stereocenters. The Balaban J connectivity index is 1.63. The summed E-state index contributed by atoms with van der Waals surface area (Å²) >= 11 is 0. The summed E-state index contributed by atoms with van der Waals surface area (Å²) in [6, 6.07) is 0. The summed E-state index contributed by atoms with van der Waals surface area (Å²) in [5.41, 5.74) is 0. The van der Waals surface area contributed by atoms with Crippen LogP contribution in [0.4, 0.5) is 0 Å². The summed E-state index contributed by atoms with van der Waals surface area (Å²) in [6.07, 6.45) is 4.79. The first-order valence-electron chi connectivity index (χ1n) is 6.93. The molecule has 104 valence electrons. The molecule has 6 atom stereocenters. The van der Waals surface area contributed by atoms with Crippen molar-refractivity contribution >= 4 is 5.97 Å². The molecular weight excluding hydrogens is 248 g/mol. The zero-order chi connectivity index (χ0) is 13.2. The molecule has 4 rings (SSSR count). The number of fused-ring (bicyclic) bond motifs is 5. The molecule has 3 heterocycles. The highest BCUT2D eigenvalue weighted by Gasteiger charge is 2.61. The van der Waals surface area contributed by atoms with Crippen molar-refractivity contribution in [2.24, 2.45) is 11.8 Å². The molecule has 0 aromatic heterocycles. The smallest absolute Gasteiger partial charge is 0.310 e. The third-order valence-electron chi connectivity index (χ3n) is 4.43. The van der Waals surface area contributed by atoms with Gasteiger partial charge < -0.3 is 18.9 Å². The van der Waals surface area contributed by atoms with Crippen molar-refractivity contribution in [1.82, 2.24) is 0 Å². The van der Waals surface area contributed by atoms with Crippen molar-refractivity contribution in [3.63, 3.8) is 0 Å². The van der Waals surface area contributed by atoms with Gasteiger partial charge in [0, 0.05) is 5.92 Å². The van der Waals surface area contributed by atoms with E-state index in [1.165, 1.54) is 0 Å². The highest BCUT2D eigenvalue weighted by atomic mass is 16.8. The van der Waals surface area contributed by atoms with Crippen LogP contribution < -0.4 is 0 Å². The van der Waals surface area contributed by atoms with Gasteiger partial charge in [-0.3, -0.25) is 4.79 Å². The van der Waals surface area contributed by atoms with Crippen LogP contribution in [0.1, 0.15) is 26.7 Å². The number of carbonyl (C=O) groups is 1. The number of hydrogen-bond acceptors (Lipinski definition) is 5. The number of esters is 1. The summed E-state index contributed by atoms with van der Waals surface area (Å²) in [7, 11) is 0. The van der Waals surface area contributed by atoms with Gasteiger partial charge in [-0.25, -0.2) is 0 Å². The topological polar surface area (TPSA) is 54.0 Å². The standard InChI is InChI=1S/C14H18O5/c1-14(2)18-11-10-9(17-13(11)19-14)7-5-3-4-6-8(7)12(15)16-10/h3,5,7-11,13H,4,6H2,1-2H3/t7-,8+,9+,10-,11+,13+/m0/s1. The van der Waals surface area contributed by atoms with Crippen molar-refractivity contribution < 1.29 is 23.7 Å². The maximum atomic E-state index is 12.1. The summed E-state index contributed by atoms with van der Waals surface area (Å²) < 4.78 is 23.1. The van der Waals surface area contributed by atoms with Crippen LogP contribution >= 0.6 is 0 Å². The van der Waals surface area contributed by atoms with E-state index in [1.807, 2.05) is 13.8 Å². The first-order chi connectivity index (χ1) is 9.05. The minimum Gasteiger partial charge on any atom is -0.456 e. The molecule has 0 bridgehead atoms. The highest BCUT2D eigenvalue weighted by Crippen LogP contribution is 2.46. The number of ether oxygens (including phenoxy) is 4. The summed E-state index contributed by atoms with van der Waals surface area (Å²) in [5.74, 6) is -0.765. The van der Waals surface area contributed by atoms with E-state index >= 15 is 0 Å². The van der Waals surface area contributed by atoms with Gasteiger partial charge in [-0.1, -0.05) is 12.2 Å². The van der Waals surface area contributed by atoms with Crippen LogP contribution in [0, 0.1) is 11.8 Å². The Labute approximate surface area is 111 Å². The lowest BCUT2D eigenvalue weighted by molar-refractivity contribution is -0.234. The largest absolute Gasteiger partial charge is 0.456 e. The zero-order valence-electron chi connectivity index (χ0n) is 11.1. The zero-order valence-corrected chi connectivity index (χ0v) is 11.1. The molecule has 19 heavy (non-hydrogen) atoms. The molecule has 5 heteroatoms. The Hall–Kier alpha value is -0.910. The molecule has 0 amide bonds. The lowest BCUT2D eigenvalue weighted by Crippen LogP contribution is -2.51. The second-order valence-corrected chi connectivity index (χ2v) is 6.16. The number of rotatable bonds is 0. The maximum Gasteiger partial charge on any atom is 0.310 e. The van der Waals surface area contributed by atoms with Gasteiger partial charge in [-0.05, 0) is 26.7 Å². The molecule has 3 aliphatic heterocycles. The molecule has 0 spiro atoms. The Bertz CT molecular complexity index is 443. The summed E-state index contributed by atoms with van der Waals surface area (Å²) in [5, 5.41) is 0. The van der Waals surface area contributed by atoms with E-state index in [1.54, 1.807) is 0 Å². The van der Waals surface area contributed by atoms with E-state index in [9.17, 15) is 4.79 Å². The second-order valence-electron chi connectivity index (χ2n) is 6.16. The molecule has 0 aromatic rings. The van der Waals surface area contributed by atoms with Crippen LogP contribution in [0.25, 0.3) is 0 Å². The molecule has 5 nitrogen and oxygen atoms in total. The van der Waals surface area contributed by atoms with E-state index in [2.05, 4.69) is 12.2 Å². The monoisotopic (exact) mass is 266 g/mol. The molecule has 0 radical (unpaired) electrons. The minimum atomic E-state index is -0.675. The first kappa shape index (κ1) is 11.9. The van der Waals surface area contributed by atoms with E-state index in [-0.39, 0.29) is 36.1 Å². The summed E-state index contributed by atoms with van der Waals surface area (Å²) in [6.45, 7) is 3.69. The third-order valence-corrected chi connectivity index (χ3v) is 4.43. The van der Waals surface area contributed by atoms with E-state index in [0.717, 1.165) is 12.8 Å². The number of carbonyl (C=O) groups excluding carboxylic acids is 1. The van der Waals surface area contributed by atoms with E-state index in [4.69, 9.17) is 18.9 Å². The van der Waals surface area contributed by atoms with Crippen LogP contribution in [-0.2, 0) is 23.7 Å². The van der Waals surface area contributed by atoms with Crippen molar-refractivity contribution in [2.45, 2.75) is 57.1 Å². The molecule has 1 aliphatic carbocycles. The van der Waals surface area contributed by atoms with Crippen molar-refractivity contribution in [3.05, 3.63) is 12.2 Å². The van der Waals surface area contributed by atoms with Crippen molar-refractivity contribution in [1.29, 1.82) is 0 Å². The normalized spacial score (nSPS) is 50.3. The van der Waals surface area contributed by atoms with Gasteiger partial charge in [0.15, 0.2) is 24.3 Å². The fourth-order valence-electron chi connectivity index (χ4n) is 3.64. The second kappa shape index (κ2) is 3.81. The Morgan fingerprint density at radius 3 is 2.89 bits per heavy atom. The fourth-order valence-corrected chi connectivity index (χ4v) is 3.64. The Kier molecular flexibility index (Phi) is 2.38. The van der Waals surface area contributed by atoms with Gasteiger partial charge in [0.25, 0.3) is 0 Å². The van der Waals surface area contributed by atoms with Gasteiger partial charge in [-0.2, -0.15) is 0 Å². The first-order valence-corrected chi connectivity index (χ1v) is 6.93. The SMILES string of the molecule is CC1(C)O[C@H]2O[C@@H]3[C@H]4C=CCC[C@H]4C(=O)O[C@@H]3[C@H]2O1. The van der Waals surface area contributed by atoms with Gasteiger partial charge in [0.2, 0.25) is 0 Å². The number of allylic oxidation sites excluding steroid dienone is 1. The molecule has 0 saturated carbocycles. The average molecular weight is 266 g/mol. The van der Waals surface area contributed by atoms with E-state index < -0.39 is 12.1 Å². The Morgan fingerprint density at radius 1 is 1.21 bits per heavy atom. The molecule has 0 aromatic carbocycles. The number of hydrogen-bond donors (Lipinski definition) is 0. The van der Waals surface area contributed by atoms with Gasteiger partial charge >= 0.3 is 5.97 Å². The summed E-state index contributed by atoms with van der Waals surface area (Å²) in [4.78, 5) is 12.1. The quantitative estimate of drug-likeness (QED) is 0.489. The minimum absolute atomic E-state index is 0.0712. The molecule has 3 fully saturated rings. The fraction of sp³-hybridized carbons (Fsp3) is 0.786. The Morgan fingerprint density at radius 2 is 2.05 bits per heavy atom. The molecule has 3 saturated heterocycles. The van der Waals surface area contributed by atoms with Crippen molar-refractivity contribution in [2.75, 3.05) is 0 Å². The van der Waals surface area contributed by atoms with Gasteiger partial charge in [0.05, 0.1) is 5.92 Å². The van der Waals surface area contributed by atoms with Crippen LogP contribution in [0.3, 0.4) is 0 Å². The lowest BCUT2D eigenvalue weighted by Gasteiger charge is -2.39.